The highest BCUT2D eigenvalue weighted by molar-refractivity contribution is 5.95. The van der Waals surface area contributed by atoms with Gasteiger partial charge in [0.05, 0.1) is 6.04 Å². The molecule has 11 nitrogen and oxygen atoms in total. The second-order valence-corrected chi connectivity index (χ2v) is 11.4. The highest BCUT2D eigenvalue weighted by Gasteiger charge is 2.38. The average molecular weight is 611 g/mol. The molecule has 1 aliphatic rings. The maximum atomic E-state index is 13.7. The van der Waals surface area contributed by atoms with Crippen LogP contribution in [-0.2, 0) is 38.4 Å². The number of rotatable bonds is 12. The van der Waals surface area contributed by atoms with Crippen LogP contribution in [0.2, 0.25) is 0 Å². The summed E-state index contributed by atoms with van der Waals surface area (Å²) < 4.78 is 0. The van der Waals surface area contributed by atoms with Crippen LogP contribution in [0.4, 0.5) is 0 Å². The number of nitrogens with zero attached hydrogens (tertiary/aromatic N) is 1. The number of carbonyl (C=O) groups excluding carboxylic acids is 4. The first-order valence-electron chi connectivity index (χ1n) is 15.0. The number of benzene rings is 3. The van der Waals surface area contributed by atoms with E-state index in [4.69, 9.17) is 11.5 Å². The van der Waals surface area contributed by atoms with E-state index in [9.17, 15) is 24.3 Å². The van der Waals surface area contributed by atoms with Crippen molar-refractivity contribution < 1.29 is 24.3 Å². The van der Waals surface area contributed by atoms with Crippen LogP contribution < -0.4 is 22.1 Å². The Kier molecular flexibility index (Phi) is 9.79. The van der Waals surface area contributed by atoms with Crippen LogP contribution in [-0.4, -0.2) is 69.3 Å². The number of aromatic amines is 1. The van der Waals surface area contributed by atoms with Crippen molar-refractivity contribution in [2.24, 2.45) is 11.5 Å². The van der Waals surface area contributed by atoms with Crippen LogP contribution in [0.15, 0.2) is 85.1 Å². The Morgan fingerprint density at radius 3 is 2.29 bits per heavy atom. The van der Waals surface area contributed by atoms with Gasteiger partial charge < -0.3 is 37.1 Å². The zero-order valence-electron chi connectivity index (χ0n) is 24.8. The number of nitrogens with two attached hydrogens (primary N) is 2. The molecule has 0 saturated carbocycles. The molecule has 11 heteroatoms. The van der Waals surface area contributed by atoms with Gasteiger partial charge in [0.1, 0.15) is 23.9 Å². The van der Waals surface area contributed by atoms with E-state index in [0.29, 0.717) is 19.4 Å². The number of amides is 4. The molecule has 0 spiro atoms. The summed E-state index contributed by atoms with van der Waals surface area (Å²) in [6.07, 6.45) is 3.39. The van der Waals surface area contributed by atoms with Crippen molar-refractivity contribution in [2.45, 2.75) is 56.3 Å². The normalized spacial score (nSPS) is 16.6. The molecule has 0 aliphatic carbocycles. The SMILES string of the molecule is NC(=O)[C@@H](Cc1ccccc1)NC(=O)[C@@H](Cc1c[nH]c2ccccc12)NC(=O)[C@H]1CCCN1C(=O)[C@H](N)Cc1ccc(O)cc1. The van der Waals surface area contributed by atoms with Gasteiger partial charge in [0, 0.05) is 36.5 Å². The predicted molar refractivity (Wildman–Crippen MR) is 170 cm³/mol. The van der Waals surface area contributed by atoms with Gasteiger partial charge in [0.25, 0.3) is 0 Å². The first-order chi connectivity index (χ1) is 21.7. The molecule has 8 N–H and O–H groups in total. The van der Waals surface area contributed by atoms with E-state index in [1.54, 1.807) is 18.3 Å². The lowest BCUT2D eigenvalue weighted by atomic mass is 10.0. The molecule has 4 amide bonds. The maximum Gasteiger partial charge on any atom is 0.243 e. The summed E-state index contributed by atoms with van der Waals surface area (Å²) in [7, 11) is 0. The molecular formula is C34H38N6O5. The van der Waals surface area contributed by atoms with Crippen LogP contribution in [0, 0.1) is 0 Å². The Bertz CT molecular complexity index is 1650. The molecule has 1 aromatic heterocycles. The number of hydrogen-bond donors (Lipinski definition) is 6. The van der Waals surface area contributed by atoms with Gasteiger partial charge in [-0.3, -0.25) is 19.2 Å². The number of H-pyrrole nitrogens is 1. The number of phenolic OH excluding ortho intramolecular Hbond substituents is 1. The van der Waals surface area contributed by atoms with Crippen molar-refractivity contribution in [3.8, 4) is 5.75 Å². The number of primary amides is 1. The van der Waals surface area contributed by atoms with Crippen LogP contribution in [0.5, 0.6) is 5.75 Å². The second kappa shape index (κ2) is 14.1. The van der Waals surface area contributed by atoms with Crippen molar-refractivity contribution in [1.82, 2.24) is 20.5 Å². The van der Waals surface area contributed by atoms with Gasteiger partial charge in [-0.05, 0) is 54.2 Å². The largest absolute Gasteiger partial charge is 0.508 e. The number of aromatic hydroxyl groups is 1. The third-order valence-electron chi connectivity index (χ3n) is 8.22. The topological polar surface area (TPSA) is 184 Å². The Morgan fingerprint density at radius 1 is 0.867 bits per heavy atom. The molecule has 0 bridgehead atoms. The van der Waals surface area contributed by atoms with Gasteiger partial charge in [0.2, 0.25) is 23.6 Å². The van der Waals surface area contributed by atoms with E-state index >= 15 is 0 Å². The summed E-state index contributed by atoms with van der Waals surface area (Å²) in [5.41, 5.74) is 15.2. The zero-order chi connectivity index (χ0) is 31.9. The zero-order valence-corrected chi connectivity index (χ0v) is 24.8. The Balaban J connectivity index is 1.33. The molecule has 0 unspecified atom stereocenters. The molecule has 234 valence electrons. The van der Waals surface area contributed by atoms with E-state index in [0.717, 1.165) is 27.6 Å². The van der Waals surface area contributed by atoms with Crippen molar-refractivity contribution in [2.75, 3.05) is 6.54 Å². The van der Waals surface area contributed by atoms with Gasteiger partial charge in [-0.2, -0.15) is 0 Å². The average Bonchev–Trinajstić information content (AvgIpc) is 3.69. The van der Waals surface area contributed by atoms with Crippen molar-refractivity contribution in [1.29, 1.82) is 0 Å². The predicted octanol–water partition coefficient (Wildman–Crippen LogP) is 1.67. The number of phenols is 1. The molecular weight excluding hydrogens is 572 g/mol. The second-order valence-electron chi connectivity index (χ2n) is 11.4. The van der Waals surface area contributed by atoms with E-state index in [2.05, 4.69) is 15.6 Å². The van der Waals surface area contributed by atoms with Gasteiger partial charge in [0.15, 0.2) is 0 Å². The fourth-order valence-electron chi connectivity index (χ4n) is 5.83. The van der Waals surface area contributed by atoms with E-state index < -0.39 is 41.9 Å². The molecule has 0 radical (unpaired) electrons. The van der Waals surface area contributed by atoms with Crippen molar-refractivity contribution >= 4 is 34.5 Å². The minimum absolute atomic E-state index is 0.114. The molecule has 3 aromatic carbocycles. The summed E-state index contributed by atoms with van der Waals surface area (Å²) in [5, 5.41) is 16.1. The van der Waals surface area contributed by atoms with Crippen molar-refractivity contribution in [3.05, 3.63) is 102 Å². The Hall–Kier alpha value is -5.16. The summed E-state index contributed by atoms with van der Waals surface area (Å²) in [6.45, 7) is 0.361. The fourth-order valence-corrected chi connectivity index (χ4v) is 5.83. The smallest absolute Gasteiger partial charge is 0.243 e. The van der Waals surface area contributed by atoms with Crippen molar-refractivity contribution in [3.63, 3.8) is 0 Å². The minimum Gasteiger partial charge on any atom is -0.508 e. The number of aromatic nitrogens is 1. The van der Waals surface area contributed by atoms with Gasteiger partial charge >= 0.3 is 0 Å². The number of hydrogen-bond acceptors (Lipinski definition) is 6. The van der Waals surface area contributed by atoms with E-state index in [-0.39, 0.29) is 30.9 Å². The first kappa shape index (κ1) is 31.3. The van der Waals surface area contributed by atoms with E-state index in [1.165, 1.54) is 17.0 Å². The molecule has 2 heterocycles. The van der Waals surface area contributed by atoms with Gasteiger partial charge in [-0.15, -0.1) is 0 Å². The monoisotopic (exact) mass is 610 g/mol. The number of nitrogens with one attached hydrogen (secondary N) is 3. The fraction of sp³-hybridized carbons (Fsp3) is 0.294. The standard InChI is InChI=1S/C34H38N6O5/c35-26(17-22-12-14-24(41)15-13-22)34(45)40-16-6-11-30(40)33(44)39-29(19-23-20-37-27-10-5-4-9-25(23)27)32(43)38-28(31(36)42)18-21-7-2-1-3-8-21/h1-5,7-10,12-15,20,26,28-30,37,41H,6,11,16-19,35H2,(H2,36,42)(H,38,43)(H,39,44)/t26-,28-,29-,30-/m1/s1. The summed E-state index contributed by atoms with van der Waals surface area (Å²) >= 11 is 0. The molecule has 1 saturated heterocycles. The maximum absolute atomic E-state index is 13.7. The van der Waals surface area contributed by atoms with Gasteiger partial charge in [-0.1, -0.05) is 60.7 Å². The van der Waals surface area contributed by atoms with Crippen LogP contribution >= 0.6 is 0 Å². The third kappa shape index (κ3) is 7.68. The molecule has 1 aliphatic heterocycles. The van der Waals surface area contributed by atoms with E-state index in [1.807, 2.05) is 54.6 Å². The van der Waals surface area contributed by atoms with Gasteiger partial charge in [-0.25, -0.2) is 0 Å². The number of carbonyl (C=O) groups is 4. The minimum atomic E-state index is -1.06. The quantitative estimate of drug-likeness (QED) is 0.142. The number of para-hydroxylation sites is 1. The lowest BCUT2D eigenvalue weighted by Crippen LogP contribution is -2.58. The Morgan fingerprint density at radius 2 is 1.56 bits per heavy atom. The Labute approximate surface area is 261 Å². The summed E-state index contributed by atoms with van der Waals surface area (Å²) in [4.78, 5) is 57.9. The molecule has 5 rings (SSSR count). The van der Waals surface area contributed by atoms with Crippen LogP contribution in [0.25, 0.3) is 10.9 Å². The van der Waals surface area contributed by atoms with Crippen LogP contribution in [0.1, 0.15) is 29.5 Å². The highest BCUT2D eigenvalue weighted by atomic mass is 16.3. The lowest BCUT2D eigenvalue weighted by molar-refractivity contribution is -0.140. The molecule has 1 fully saturated rings. The summed E-state index contributed by atoms with van der Waals surface area (Å²) in [6, 6.07) is 19.5. The highest BCUT2D eigenvalue weighted by Crippen LogP contribution is 2.22. The number of likely N-dealkylation sites (tertiary alicyclic amines) is 1. The molecule has 45 heavy (non-hydrogen) atoms. The first-order valence-corrected chi connectivity index (χ1v) is 15.0. The van der Waals surface area contributed by atoms with Crippen LogP contribution in [0.3, 0.4) is 0 Å². The lowest BCUT2D eigenvalue weighted by Gasteiger charge is -2.29. The molecule has 4 aromatic rings. The third-order valence-corrected chi connectivity index (χ3v) is 8.22. The molecule has 4 atom stereocenters. The number of fused-ring (bicyclic) bond motifs is 1. The summed E-state index contributed by atoms with van der Waals surface area (Å²) in [5.74, 6) is -1.98.